The first-order valence-corrected chi connectivity index (χ1v) is 6.53. The van der Waals surface area contributed by atoms with Crippen molar-refractivity contribution in [2.24, 2.45) is 5.41 Å². The number of nitrogens with one attached hydrogen (secondary N) is 1. The van der Waals surface area contributed by atoms with Gasteiger partial charge in [-0.3, -0.25) is 0 Å². The minimum absolute atomic E-state index is 0.311. The molecule has 0 aliphatic heterocycles. The largest absolute Gasteiger partial charge is 0.354 e. The molecule has 0 atom stereocenters. The van der Waals surface area contributed by atoms with E-state index in [9.17, 15) is 0 Å². The predicted molar refractivity (Wildman–Crippen MR) is 79.0 cm³/mol. The minimum atomic E-state index is 0.311. The van der Waals surface area contributed by atoms with Crippen molar-refractivity contribution in [1.29, 1.82) is 0 Å². The molecule has 3 aromatic rings. The first-order valence-electron chi connectivity index (χ1n) is 6.53. The van der Waals surface area contributed by atoms with E-state index in [-0.39, 0.29) is 0 Å². The third-order valence-corrected chi connectivity index (χ3v) is 3.35. The molecule has 0 aliphatic rings. The number of hydrogen-bond donors (Lipinski definition) is 1. The van der Waals surface area contributed by atoms with Crippen molar-refractivity contribution in [2.45, 2.75) is 27.2 Å². The first-order chi connectivity index (χ1) is 8.54. The quantitative estimate of drug-likeness (QED) is 0.619. The molecule has 1 heterocycles. The van der Waals surface area contributed by atoms with Crippen LogP contribution in [0.25, 0.3) is 21.8 Å². The summed E-state index contributed by atoms with van der Waals surface area (Å²) in [5.41, 5.74) is 4.25. The summed E-state index contributed by atoms with van der Waals surface area (Å²) in [4.78, 5) is 3.57. The lowest BCUT2D eigenvalue weighted by Gasteiger charge is -2.18. The van der Waals surface area contributed by atoms with Crippen LogP contribution in [0.4, 0.5) is 0 Å². The van der Waals surface area contributed by atoms with E-state index in [0.29, 0.717) is 5.41 Å². The minimum Gasteiger partial charge on any atom is -0.354 e. The zero-order valence-corrected chi connectivity index (χ0v) is 11.2. The van der Waals surface area contributed by atoms with E-state index in [1.165, 1.54) is 27.4 Å². The number of rotatable bonds is 1. The van der Waals surface area contributed by atoms with Crippen LogP contribution < -0.4 is 0 Å². The van der Waals surface area contributed by atoms with Crippen LogP contribution in [0.2, 0.25) is 0 Å². The molecule has 92 valence electrons. The Morgan fingerprint density at radius 2 is 1.61 bits per heavy atom. The second-order valence-electron chi connectivity index (χ2n) is 6.25. The fraction of sp³-hybridized carbons (Fsp3) is 0.294. The summed E-state index contributed by atoms with van der Waals surface area (Å²) in [6.45, 7) is 6.86. The molecule has 0 saturated heterocycles. The lowest BCUT2D eigenvalue weighted by atomic mass is 9.87. The summed E-state index contributed by atoms with van der Waals surface area (Å²) < 4.78 is 0. The second kappa shape index (κ2) is 3.88. The highest BCUT2D eigenvalue weighted by Crippen LogP contribution is 2.30. The maximum Gasteiger partial charge on any atom is 0.0497 e. The van der Waals surface area contributed by atoms with E-state index in [1.54, 1.807) is 0 Å². The highest BCUT2D eigenvalue weighted by atomic mass is 14.7. The van der Waals surface area contributed by atoms with Crippen molar-refractivity contribution < 1.29 is 0 Å². The van der Waals surface area contributed by atoms with E-state index in [1.807, 2.05) is 0 Å². The van der Waals surface area contributed by atoms with Gasteiger partial charge in [0, 0.05) is 21.8 Å². The van der Waals surface area contributed by atoms with Gasteiger partial charge in [-0.1, -0.05) is 57.2 Å². The average Bonchev–Trinajstić information content (AvgIpc) is 2.67. The van der Waals surface area contributed by atoms with Crippen LogP contribution in [0.3, 0.4) is 0 Å². The van der Waals surface area contributed by atoms with Crippen LogP contribution >= 0.6 is 0 Å². The highest BCUT2D eigenvalue weighted by molar-refractivity contribution is 6.08. The second-order valence-corrected chi connectivity index (χ2v) is 6.25. The van der Waals surface area contributed by atoms with Gasteiger partial charge in [-0.25, -0.2) is 0 Å². The number of fused-ring (bicyclic) bond motifs is 3. The van der Waals surface area contributed by atoms with Crippen LogP contribution in [0, 0.1) is 5.41 Å². The van der Waals surface area contributed by atoms with Crippen molar-refractivity contribution in [3.8, 4) is 0 Å². The molecule has 1 nitrogen and oxygen atoms in total. The molecule has 1 aromatic heterocycles. The number of hydrogen-bond acceptors (Lipinski definition) is 0. The predicted octanol–water partition coefficient (Wildman–Crippen LogP) is 4.91. The van der Waals surface area contributed by atoms with E-state index in [0.717, 1.165) is 6.42 Å². The molecule has 2 aromatic carbocycles. The van der Waals surface area contributed by atoms with Crippen molar-refractivity contribution in [3.05, 3.63) is 48.0 Å². The van der Waals surface area contributed by atoms with E-state index in [2.05, 4.69) is 68.2 Å². The molecular weight excluding hydrogens is 218 g/mol. The maximum absolute atomic E-state index is 3.57. The molecule has 0 radical (unpaired) electrons. The van der Waals surface area contributed by atoms with Crippen LogP contribution in [-0.2, 0) is 6.42 Å². The molecule has 0 unspecified atom stereocenters. The Morgan fingerprint density at radius 1 is 0.889 bits per heavy atom. The van der Waals surface area contributed by atoms with E-state index in [4.69, 9.17) is 0 Å². The topological polar surface area (TPSA) is 15.8 Å². The Labute approximate surface area is 108 Å². The number of H-pyrrole nitrogens is 1. The van der Waals surface area contributed by atoms with Gasteiger partial charge >= 0.3 is 0 Å². The molecule has 0 spiro atoms. The van der Waals surface area contributed by atoms with Crippen LogP contribution in [0.1, 0.15) is 26.3 Å². The third-order valence-electron chi connectivity index (χ3n) is 3.35. The molecule has 0 saturated carbocycles. The van der Waals surface area contributed by atoms with Gasteiger partial charge < -0.3 is 4.98 Å². The maximum atomic E-state index is 3.57. The Hall–Kier alpha value is -1.76. The Morgan fingerprint density at radius 3 is 2.39 bits per heavy atom. The van der Waals surface area contributed by atoms with Crippen molar-refractivity contribution in [1.82, 2.24) is 4.98 Å². The SMILES string of the molecule is CC(C)(C)Cc1cccc2c1[nH]c1ccccc12. The zero-order valence-electron chi connectivity index (χ0n) is 11.2. The van der Waals surface area contributed by atoms with Crippen molar-refractivity contribution in [2.75, 3.05) is 0 Å². The monoisotopic (exact) mass is 237 g/mol. The molecule has 1 heteroatoms. The molecule has 3 rings (SSSR count). The third kappa shape index (κ3) is 1.90. The van der Waals surface area contributed by atoms with E-state index < -0.39 is 0 Å². The van der Waals surface area contributed by atoms with Gasteiger partial charge in [0.2, 0.25) is 0 Å². The Balaban J connectivity index is 2.28. The molecule has 0 bridgehead atoms. The summed E-state index contributed by atoms with van der Waals surface area (Å²) in [6.07, 6.45) is 1.09. The lowest BCUT2D eigenvalue weighted by molar-refractivity contribution is 0.412. The molecular formula is C17H19N. The summed E-state index contributed by atoms with van der Waals surface area (Å²) >= 11 is 0. The number of aromatic amines is 1. The Bertz CT molecular complexity index is 698. The lowest BCUT2D eigenvalue weighted by Crippen LogP contribution is -2.09. The molecule has 0 amide bonds. The van der Waals surface area contributed by atoms with Crippen LogP contribution in [0.5, 0.6) is 0 Å². The fourth-order valence-electron chi connectivity index (χ4n) is 2.65. The first kappa shape index (κ1) is 11.3. The van der Waals surface area contributed by atoms with Crippen LogP contribution in [-0.4, -0.2) is 4.98 Å². The van der Waals surface area contributed by atoms with Gasteiger partial charge in [0.05, 0.1) is 0 Å². The fourth-order valence-corrected chi connectivity index (χ4v) is 2.65. The van der Waals surface area contributed by atoms with Gasteiger partial charge in [0.15, 0.2) is 0 Å². The van der Waals surface area contributed by atoms with Gasteiger partial charge in [0.1, 0.15) is 0 Å². The molecule has 0 fully saturated rings. The number of aromatic nitrogens is 1. The Kier molecular flexibility index (Phi) is 2.44. The normalized spacial score (nSPS) is 12.4. The van der Waals surface area contributed by atoms with Crippen LogP contribution in [0.15, 0.2) is 42.5 Å². The average molecular weight is 237 g/mol. The van der Waals surface area contributed by atoms with Gasteiger partial charge in [0.25, 0.3) is 0 Å². The summed E-state index contributed by atoms with van der Waals surface area (Å²) in [6, 6.07) is 15.1. The smallest absolute Gasteiger partial charge is 0.0497 e. The van der Waals surface area contributed by atoms with Gasteiger partial charge in [-0.15, -0.1) is 0 Å². The summed E-state index contributed by atoms with van der Waals surface area (Å²) in [7, 11) is 0. The van der Waals surface area contributed by atoms with Crippen molar-refractivity contribution >= 4 is 21.8 Å². The van der Waals surface area contributed by atoms with E-state index >= 15 is 0 Å². The summed E-state index contributed by atoms with van der Waals surface area (Å²) in [5, 5.41) is 2.66. The molecule has 1 N–H and O–H groups in total. The van der Waals surface area contributed by atoms with Gasteiger partial charge in [-0.2, -0.15) is 0 Å². The highest BCUT2D eigenvalue weighted by Gasteiger charge is 2.14. The van der Waals surface area contributed by atoms with Crippen molar-refractivity contribution in [3.63, 3.8) is 0 Å². The molecule has 0 aliphatic carbocycles. The standard InChI is InChI=1S/C17H19N/c1-17(2,3)11-12-7-6-9-14-13-8-4-5-10-15(13)18-16(12)14/h4-10,18H,11H2,1-3H3. The zero-order chi connectivity index (χ0) is 12.8. The molecule has 18 heavy (non-hydrogen) atoms. The summed E-state index contributed by atoms with van der Waals surface area (Å²) in [5.74, 6) is 0. The van der Waals surface area contributed by atoms with Gasteiger partial charge in [-0.05, 0) is 23.5 Å². The number of benzene rings is 2. The number of para-hydroxylation sites is 2.